The molecule has 3 N–H and O–H groups in total. The van der Waals surface area contributed by atoms with Crippen molar-refractivity contribution in [3.05, 3.63) is 81.5 Å². The summed E-state index contributed by atoms with van der Waals surface area (Å²) in [5.74, 6) is 0.799. The Morgan fingerprint density at radius 2 is 1.34 bits per heavy atom. The van der Waals surface area contributed by atoms with Crippen LogP contribution in [0.4, 0.5) is 38.0 Å². The molecule has 8 rings (SSSR count). The quantitative estimate of drug-likeness (QED) is 0.0901. The maximum Gasteiger partial charge on any atom is 0.416 e. The fourth-order valence-corrected chi connectivity index (χ4v) is 7.02. The van der Waals surface area contributed by atoms with E-state index in [-0.39, 0.29) is 23.9 Å². The Kier molecular flexibility index (Phi) is 14.7. The molecule has 2 aliphatic rings. The van der Waals surface area contributed by atoms with E-state index in [0.717, 1.165) is 56.7 Å². The van der Waals surface area contributed by atoms with Crippen LogP contribution in [0.2, 0.25) is 0 Å². The summed E-state index contributed by atoms with van der Waals surface area (Å²) in [4.78, 5) is 17.2. The van der Waals surface area contributed by atoms with Gasteiger partial charge in [0.05, 0.1) is 65.1 Å². The fourth-order valence-electron chi connectivity index (χ4n) is 6.10. The third-order valence-corrected chi connectivity index (χ3v) is 10.0. The lowest BCUT2D eigenvalue weighted by Gasteiger charge is -2.22. The second-order valence-corrected chi connectivity index (χ2v) is 14.8. The molecule has 1 saturated heterocycles. The molecule has 0 amide bonds. The number of hydrogen-bond donors (Lipinski definition) is 3. The molecule has 2 aliphatic heterocycles. The van der Waals surface area contributed by atoms with Gasteiger partial charge in [-0.05, 0) is 119 Å². The maximum atomic E-state index is 13.1. The van der Waals surface area contributed by atoms with Crippen LogP contribution in [0, 0.1) is 0 Å². The maximum absolute atomic E-state index is 13.1. The van der Waals surface area contributed by atoms with Crippen molar-refractivity contribution >= 4 is 76.9 Å². The first-order valence-corrected chi connectivity index (χ1v) is 20.1. The number of imidazole rings is 2. The molecule has 6 heterocycles. The molecule has 12 nitrogen and oxygen atoms in total. The number of benzene rings is 2. The molecule has 1 atom stereocenters. The van der Waals surface area contributed by atoms with E-state index in [4.69, 9.17) is 19.3 Å². The molecule has 2 aromatic carbocycles. The zero-order valence-corrected chi connectivity index (χ0v) is 34.1. The number of nitrogens with zero attached hydrogens (tertiary/aromatic N) is 6. The minimum Gasteiger partial charge on any atom is -0.502 e. The third-order valence-electron chi connectivity index (χ3n) is 8.92. The Hall–Kier alpha value is -4.24. The number of aromatic nitrogens is 6. The van der Waals surface area contributed by atoms with Crippen LogP contribution in [0.5, 0.6) is 0 Å². The van der Waals surface area contributed by atoms with Crippen LogP contribution in [-0.2, 0) is 26.6 Å². The van der Waals surface area contributed by atoms with Crippen LogP contribution >= 0.6 is 31.9 Å². The van der Waals surface area contributed by atoms with E-state index in [9.17, 15) is 26.3 Å². The fraction of sp³-hybridized carbons (Fsp3) is 0.421. The number of fused-ring (bicyclic) bond motifs is 6. The molecule has 0 bridgehead atoms. The summed E-state index contributed by atoms with van der Waals surface area (Å²) in [6, 6.07) is 6.92. The number of rotatable bonds is 10. The standard InChI is InChI=1S/C19H20BrF3N4O2.C14H12BrF3N4O.C5H8O/c20-15-11-25-18-17(24-7-3-9-29-16-4-1-2-8-28-16)26-13-10-12(19(21,22)23)5-6-14(13)27(15)18;15-11-7-20-13-12(19-4-1-5-23)21-9-6-8(14(16,17)18)2-3-10(9)22(11)13;1-2-4-6-5-3-1/h5-6,10-11,16H,1-4,7-9H2,(H,24,26);2-3,6-7,23H,1,4-5H2,(H,19,21);2,4H,1,3,5H2. The highest BCUT2D eigenvalue weighted by atomic mass is 79.9. The molecule has 1 fully saturated rings. The summed E-state index contributed by atoms with van der Waals surface area (Å²) < 4.78 is 98.8. The molecular weight excluding hydrogens is 906 g/mol. The predicted molar refractivity (Wildman–Crippen MR) is 214 cm³/mol. The van der Waals surface area contributed by atoms with E-state index < -0.39 is 23.5 Å². The molecule has 0 spiro atoms. The van der Waals surface area contributed by atoms with Gasteiger partial charge >= 0.3 is 12.4 Å². The van der Waals surface area contributed by atoms with Crippen molar-refractivity contribution in [1.82, 2.24) is 28.7 Å². The Morgan fingerprint density at radius 3 is 1.78 bits per heavy atom. The SMILES string of the molecule is C1=COCCC1.FC(F)(F)c1ccc2c(c1)nc(NCCCOC1CCCCO1)c1ncc(Br)n12.OCCCNc1nc2cc(C(F)(F)F)ccc2n2c(Br)cnc12. The van der Waals surface area contributed by atoms with Gasteiger partial charge in [0.15, 0.2) is 29.2 Å². The van der Waals surface area contributed by atoms with Gasteiger partial charge in [0.25, 0.3) is 0 Å². The highest BCUT2D eigenvalue weighted by molar-refractivity contribution is 9.10. The molecule has 0 aliphatic carbocycles. The van der Waals surface area contributed by atoms with Gasteiger partial charge in [-0.2, -0.15) is 26.3 Å². The lowest BCUT2D eigenvalue weighted by atomic mass is 10.2. The number of alkyl halides is 6. The first kappa shape index (κ1) is 43.3. The molecule has 0 radical (unpaired) electrons. The van der Waals surface area contributed by atoms with E-state index >= 15 is 0 Å². The van der Waals surface area contributed by atoms with Gasteiger partial charge in [0.2, 0.25) is 0 Å². The van der Waals surface area contributed by atoms with E-state index in [2.05, 4.69) is 62.4 Å². The van der Waals surface area contributed by atoms with Gasteiger partial charge in [-0.3, -0.25) is 8.80 Å². The number of halogens is 8. The van der Waals surface area contributed by atoms with Crippen LogP contribution in [0.25, 0.3) is 33.4 Å². The van der Waals surface area contributed by atoms with Crippen molar-refractivity contribution in [2.75, 3.05) is 50.2 Å². The van der Waals surface area contributed by atoms with Crippen molar-refractivity contribution in [3.63, 3.8) is 0 Å². The summed E-state index contributed by atoms with van der Waals surface area (Å²) in [5, 5.41) is 15.0. The van der Waals surface area contributed by atoms with E-state index in [0.29, 0.717) is 75.7 Å². The van der Waals surface area contributed by atoms with Crippen LogP contribution in [0.1, 0.15) is 56.1 Å². The third kappa shape index (κ3) is 10.9. The molecule has 1 unspecified atom stereocenters. The average molecular weight is 947 g/mol. The summed E-state index contributed by atoms with van der Waals surface area (Å²) >= 11 is 6.75. The minimum atomic E-state index is -4.43. The van der Waals surface area contributed by atoms with Gasteiger partial charge in [-0.25, -0.2) is 19.9 Å². The Balaban J connectivity index is 0.000000174. The highest BCUT2D eigenvalue weighted by Crippen LogP contribution is 2.34. The smallest absolute Gasteiger partial charge is 0.416 e. The van der Waals surface area contributed by atoms with Crippen LogP contribution in [-0.4, -0.2) is 79.7 Å². The monoisotopic (exact) mass is 944 g/mol. The number of hydrogen-bond acceptors (Lipinski definition) is 10. The molecule has 0 saturated carbocycles. The second kappa shape index (κ2) is 19.7. The molecule has 58 heavy (non-hydrogen) atoms. The number of ether oxygens (including phenoxy) is 3. The van der Waals surface area contributed by atoms with Crippen LogP contribution < -0.4 is 10.6 Å². The number of nitrogens with one attached hydrogen (secondary N) is 2. The Bertz CT molecular complexity index is 2320. The Labute approximate surface area is 345 Å². The van der Waals surface area contributed by atoms with Gasteiger partial charge in [-0.15, -0.1) is 0 Å². The van der Waals surface area contributed by atoms with Crippen LogP contribution in [0.3, 0.4) is 0 Å². The molecule has 312 valence electrons. The lowest BCUT2D eigenvalue weighted by molar-refractivity contribution is -0.162. The lowest BCUT2D eigenvalue weighted by Crippen LogP contribution is -2.23. The van der Waals surface area contributed by atoms with Crippen molar-refractivity contribution in [3.8, 4) is 0 Å². The van der Waals surface area contributed by atoms with Gasteiger partial charge in [-0.1, -0.05) is 0 Å². The van der Waals surface area contributed by atoms with Crippen LogP contribution in [0.15, 0.2) is 70.3 Å². The second-order valence-electron chi connectivity index (χ2n) is 13.1. The summed E-state index contributed by atoms with van der Waals surface area (Å²) in [6.45, 7) is 3.16. The van der Waals surface area contributed by atoms with Crippen molar-refractivity contribution in [2.45, 2.75) is 63.6 Å². The van der Waals surface area contributed by atoms with E-state index in [1.54, 1.807) is 27.5 Å². The summed E-state index contributed by atoms with van der Waals surface area (Å²) in [5.41, 5.74) is 1.06. The van der Waals surface area contributed by atoms with Gasteiger partial charge in [0.1, 0.15) is 9.21 Å². The number of aliphatic hydroxyl groups excluding tert-OH is 1. The van der Waals surface area contributed by atoms with E-state index in [1.165, 1.54) is 25.0 Å². The highest BCUT2D eigenvalue weighted by Gasteiger charge is 2.32. The topological polar surface area (TPSA) is 132 Å². The van der Waals surface area contributed by atoms with Crippen molar-refractivity contribution in [1.29, 1.82) is 0 Å². The number of anilines is 2. The van der Waals surface area contributed by atoms with Gasteiger partial charge in [0, 0.05) is 26.3 Å². The first-order valence-electron chi connectivity index (χ1n) is 18.5. The largest absolute Gasteiger partial charge is 0.502 e. The summed E-state index contributed by atoms with van der Waals surface area (Å²) in [7, 11) is 0. The number of allylic oxidation sites excluding steroid dienone is 1. The molecular formula is C38H40Br2F6N8O4. The minimum absolute atomic E-state index is 0.00717. The zero-order valence-electron chi connectivity index (χ0n) is 30.9. The van der Waals surface area contributed by atoms with Crippen molar-refractivity contribution in [2.24, 2.45) is 0 Å². The van der Waals surface area contributed by atoms with Crippen molar-refractivity contribution < 1.29 is 45.7 Å². The predicted octanol–water partition coefficient (Wildman–Crippen LogP) is 9.78. The normalized spacial score (nSPS) is 15.8. The molecule has 4 aromatic heterocycles. The zero-order chi connectivity index (χ0) is 41.3. The summed E-state index contributed by atoms with van der Waals surface area (Å²) in [6.07, 6.45) is 4.65. The van der Waals surface area contributed by atoms with Gasteiger partial charge < -0.3 is 30.0 Å². The average Bonchev–Trinajstić information content (AvgIpc) is 3.81. The first-order chi connectivity index (χ1) is 27.8. The number of aliphatic hydroxyl groups is 1. The van der Waals surface area contributed by atoms with E-state index in [1.807, 2.05) is 6.08 Å². The molecule has 20 heteroatoms. The molecule has 6 aromatic rings. The Morgan fingerprint density at radius 1 is 0.776 bits per heavy atom.